The molecule has 1 aliphatic rings. The van der Waals surface area contributed by atoms with E-state index >= 15 is 0 Å². The molecule has 0 atom stereocenters. The van der Waals surface area contributed by atoms with Crippen LogP contribution in [0.25, 0.3) is 0 Å². The van der Waals surface area contributed by atoms with Crippen molar-refractivity contribution in [2.45, 2.75) is 25.7 Å². The van der Waals surface area contributed by atoms with Crippen molar-refractivity contribution in [2.24, 2.45) is 5.92 Å². The Morgan fingerprint density at radius 1 is 1.29 bits per heavy atom. The maximum atomic E-state index is 13.2. The van der Waals surface area contributed by atoms with Crippen molar-refractivity contribution in [1.29, 1.82) is 0 Å². The van der Waals surface area contributed by atoms with E-state index in [0.717, 1.165) is 43.9 Å². The number of carbonyl (C=O) groups excluding carboxylic acids is 1. The molecule has 0 radical (unpaired) electrons. The molecule has 1 aromatic rings. The molecule has 0 heterocycles. The van der Waals surface area contributed by atoms with Gasteiger partial charge in [-0.3, -0.25) is 4.79 Å². The van der Waals surface area contributed by atoms with Gasteiger partial charge in [-0.2, -0.15) is 0 Å². The summed E-state index contributed by atoms with van der Waals surface area (Å²) in [4.78, 5) is 11.7. The zero-order valence-electron chi connectivity index (χ0n) is 9.42. The molecule has 0 aliphatic heterocycles. The number of ketones is 1. The largest absolute Gasteiger partial charge is 0.483 e. The first-order chi connectivity index (χ1) is 8.16. The van der Waals surface area contributed by atoms with E-state index in [-0.39, 0.29) is 24.1 Å². The van der Waals surface area contributed by atoms with Gasteiger partial charge in [-0.1, -0.05) is 12.8 Å². The normalized spacial score (nSPS) is 16.1. The molecule has 1 aromatic carbocycles. The third kappa shape index (κ3) is 3.02. The van der Waals surface area contributed by atoms with Crippen LogP contribution in [0.15, 0.2) is 18.2 Å². The van der Waals surface area contributed by atoms with E-state index in [4.69, 9.17) is 4.74 Å². The van der Waals surface area contributed by atoms with Crippen LogP contribution in [0, 0.1) is 17.6 Å². The Kier molecular flexibility index (Phi) is 3.71. The second kappa shape index (κ2) is 5.25. The van der Waals surface area contributed by atoms with Crippen molar-refractivity contribution in [3.63, 3.8) is 0 Å². The molecule has 2 rings (SSSR count). The van der Waals surface area contributed by atoms with Crippen LogP contribution in [0.5, 0.6) is 5.75 Å². The van der Waals surface area contributed by atoms with Gasteiger partial charge in [0.2, 0.25) is 0 Å². The summed E-state index contributed by atoms with van der Waals surface area (Å²) < 4.78 is 31.1. The summed E-state index contributed by atoms with van der Waals surface area (Å²) in [6, 6.07) is 2.96. The molecule has 92 valence electrons. The summed E-state index contributed by atoms with van der Waals surface area (Å²) in [5.41, 5.74) is 0. The fourth-order valence-electron chi connectivity index (χ4n) is 2.10. The number of ether oxygens (including phenoxy) is 1. The lowest BCUT2D eigenvalue weighted by Crippen LogP contribution is -2.19. The SMILES string of the molecule is O=C(COc1cc(F)ccc1F)C1CCCC1. The van der Waals surface area contributed by atoms with Crippen LogP contribution in [0.2, 0.25) is 0 Å². The summed E-state index contributed by atoms with van der Waals surface area (Å²) >= 11 is 0. The highest BCUT2D eigenvalue weighted by Gasteiger charge is 2.23. The predicted molar refractivity (Wildman–Crippen MR) is 58.8 cm³/mol. The van der Waals surface area contributed by atoms with Crippen molar-refractivity contribution >= 4 is 5.78 Å². The van der Waals surface area contributed by atoms with Crippen LogP contribution in [0.3, 0.4) is 0 Å². The molecule has 1 saturated carbocycles. The van der Waals surface area contributed by atoms with Crippen molar-refractivity contribution in [1.82, 2.24) is 0 Å². The molecule has 0 aromatic heterocycles. The van der Waals surface area contributed by atoms with E-state index in [1.807, 2.05) is 0 Å². The number of hydrogen-bond donors (Lipinski definition) is 0. The second-order valence-electron chi connectivity index (χ2n) is 4.31. The first kappa shape index (κ1) is 12.0. The molecule has 0 N–H and O–H groups in total. The first-order valence-electron chi connectivity index (χ1n) is 5.77. The molecule has 0 unspecified atom stereocenters. The summed E-state index contributed by atoms with van der Waals surface area (Å²) in [7, 11) is 0. The first-order valence-corrected chi connectivity index (χ1v) is 5.77. The topological polar surface area (TPSA) is 26.3 Å². The predicted octanol–water partition coefficient (Wildman–Crippen LogP) is 3.10. The van der Waals surface area contributed by atoms with E-state index in [9.17, 15) is 13.6 Å². The van der Waals surface area contributed by atoms with E-state index < -0.39 is 11.6 Å². The fraction of sp³-hybridized carbons (Fsp3) is 0.462. The van der Waals surface area contributed by atoms with E-state index in [1.165, 1.54) is 0 Å². The van der Waals surface area contributed by atoms with Crippen molar-refractivity contribution in [3.05, 3.63) is 29.8 Å². The van der Waals surface area contributed by atoms with Crippen LogP contribution >= 0.6 is 0 Å². The Morgan fingerprint density at radius 2 is 2.00 bits per heavy atom. The Balaban J connectivity index is 1.92. The fourth-order valence-corrected chi connectivity index (χ4v) is 2.10. The smallest absolute Gasteiger partial charge is 0.173 e. The molecular formula is C13H14F2O2. The van der Waals surface area contributed by atoms with Gasteiger partial charge in [0, 0.05) is 12.0 Å². The summed E-state index contributed by atoms with van der Waals surface area (Å²) in [5.74, 6) is -1.41. The Hall–Kier alpha value is -1.45. The standard InChI is InChI=1S/C13H14F2O2/c14-10-5-6-11(15)13(7-10)17-8-12(16)9-3-1-2-4-9/h5-7,9H,1-4,8H2. The van der Waals surface area contributed by atoms with Crippen LogP contribution < -0.4 is 4.74 Å². The summed E-state index contributed by atoms with van der Waals surface area (Å²) in [6.07, 6.45) is 3.89. The monoisotopic (exact) mass is 240 g/mol. The van der Waals surface area contributed by atoms with Gasteiger partial charge in [-0.05, 0) is 25.0 Å². The lowest BCUT2D eigenvalue weighted by Gasteiger charge is -2.10. The quantitative estimate of drug-likeness (QED) is 0.808. The van der Waals surface area contributed by atoms with Crippen LogP contribution in [-0.2, 0) is 4.79 Å². The van der Waals surface area contributed by atoms with Gasteiger partial charge in [-0.25, -0.2) is 8.78 Å². The zero-order valence-corrected chi connectivity index (χ0v) is 9.42. The third-order valence-corrected chi connectivity index (χ3v) is 3.07. The van der Waals surface area contributed by atoms with Gasteiger partial charge in [0.1, 0.15) is 12.4 Å². The minimum absolute atomic E-state index is 0.0221. The van der Waals surface area contributed by atoms with E-state index in [2.05, 4.69) is 0 Å². The average Bonchev–Trinajstić information content (AvgIpc) is 2.83. The van der Waals surface area contributed by atoms with Crippen LogP contribution in [0.1, 0.15) is 25.7 Å². The molecule has 4 heteroatoms. The molecule has 1 fully saturated rings. The van der Waals surface area contributed by atoms with Gasteiger partial charge < -0.3 is 4.74 Å². The van der Waals surface area contributed by atoms with Crippen molar-refractivity contribution < 1.29 is 18.3 Å². The highest BCUT2D eigenvalue weighted by atomic mass is 19.1. The third-order valence-electron chi connectivity index (χ3n) is 3.07. The molecule has 0 saturated heterocycles. The van der Waals surface area contributed by atoms with Crippen molar-refractivity contribution in [2.75, 3.05) is 6.61 Å². The summed E-state index contributed by atoms with van der Waals surface area (Å²) in [5, 5.41) is 0. The highest BCUT2D eigenvalue weighted by molar-refractivity contribution is 5.82. The van der Waals surface area contributed by atoms with Gasteiger partial charge in [0.15, 0.2) is 17.3 Å². The van der Waals surface area contributed by atoms with Gasteiger partial charge in [0.05, 0.1) is 0 Å². The number of halogens is 2. The second-order valence-corrected chi connectivity index (χ2v) is 4.31. The van der Waals surface area contributed by atoms with E-state index in [0.29, 0.717) is 0 Å². The van der Waals surface area contributed by atoms with Gasteiger partial charge >= 0.3 is 0 Å². The Bertz CT molecular complexity index is 412. The van der Waals surface area contributed by atoms with E-state index in [1.54, 1.807) is 0 Å². The maximum Gasteiger partial charge on any atom is 0.173 e. The Labute approximate surface area is 98.6 Å². The lowest BCUT2D eigenvalue weighted by atomic mass is 10.0. The minimum atomic E-state index is -0.648. The molecular weight excluding hydrogens is 226 g/mol. The van der Waals surface area contributed by atoms with Gasteiger partial charge in [-0.15, -0.1) is 0 Å². The van der Waals surface area contributed by atoms with Gasteiger partial charge in [0.25, 0.3) is 0 Å². The number of benzene rings is 1. The molecule has 1 aliphatic carbocycles. The molecule has 0 spiro atoms. The van der Waals surface area contributed by atoms with Crippen LogP contribution in [0.4, 0.5) is 8.78 Å². The highest BCUT2D eigenvalue weighted by Crippen LogP contribution is 2.26. The maximum absolute atomic E-state index is 13.2. The molecule has 17 heavy (non-hydrogen) atoms. The van der Waals surface area contributed by atoms with Crippen LogP contribution in [-0.4, -0.2) is 12.4 Å². The number of hydrogen-bond acceptors (Lipinski definition) is 2. The number of carbonyl (C=O) groups is 1. The summed E-state index contributed by atoms with van der Waals surface area (Å²) in [6.45, 7) is -0.176. The Morgan fingerprint density at radius 3 is 2.71 bits per heavy atom. The molecule has 2 nitrogen and oxygen atoms in total. The number of Topliss-reactive ketones (excluding diaryl/α,β-unsaturated/α-hetero) is 1. The number of rotatable bonds is 4. The lowest BCUT2D eigenvalue weighted by molar-refractivity contribution is -0.124. The molecule has 0 bridgehead atoms. The van der Waals surface area contributed by atoms with Crippen molar-refractivity contribution in [3.8, 4) is 5.75 Å². The zero-order chi connectivity index (χ0) is 12.3. The minimum Gasteiger partial charge on any atom is -0.483 e. The molecule has 0 amide bonds. The average molecular weight is 240 g/mol.